The first-order valence-electron chi connectivity index (χ1n) is 6.74. The molecule has 23 heavy (non-hydrogen) atoms. The third-order valence-electron chi connectivity index (χ3n) is 3.35. The first kappa shape index (κ1) is 15.4. The fraction of sp³-hybridized carbons (Fsp3) is 0.125. The highest BCUT2D eigenvalue weighted by Gasteiger charge is 2.12. The minimum atomic E-state index is 0.182. The highest BCUT2D eigenvalue weighted by atomic mass is 79.9. The number of ether oxygens (including phenoxy) is 2. The summed E-state index contributed by atoms with van der Waals surface area (Å²) in [5, 5.41) is 13.5. The van der Waals surface area contributed by atoms with Crippen molar-refractivity contribution >= 4 is 38.3 Å². The van der Waals surface area contributed by atoms with Crippen LogP contribution in [0.2, 0.25) is 0 Å². The molecular formula is C16H14BrN3O3. The van der Waals surface area contributed by atoms with Gasteiger partial charge in [-0.05, 0) is 40.2 Å². The number of nitrogens with zero attached hydrogens (tertiary/aromatic N) is 2. The molecule has 2 aromatic carbocycles. The third-order valence-corrected chi connectivity index (χ3v) is 4.00. The number of rotatable bonds is 4. The molecule has 0 aliphatic rings. The van der Waals surface area contributed by atoms with Gasteiger partial charge in [-0.1, -0.05) is 0 Å². The SMILES string of the molecule is COc1cc2ncnc(Nc3ccc(O)cc3Br)c2cc1OC. The van der Waals surface area contributed by atoms with Gasteiger partial charge in [0, 0.05) is 15.9 Å². The molecule has 0 saturated heterocycles. The van der Waals surface area contributed by atoms with Gasteiger partial charge in [0.05, 0.1) is 25.4 Å². The Morgan fingerprint density at radius 3 is 2.48 bits per heavy atom. The molecule has 1 heterocycles. The third kappa shape index (κ3) is 3.00. The van der Waals surface area contributed by atoms with Crippen LogP contribution in [-0.4, -0.2) is 29.3 Å². The Kier molecular flexibility index (Phi) is 4.20. The van der Waals surface area contributed by atoms with Crippen molar-refractivity contribution in [2.75, 3.05) is 19.5 Å². The second kappa shape index (κ2) is 6.29. The Labute approximate surface area is 141 Å². The van der Waals surface area contributed by atoms with Crippen LogP contribution in [0.3, 0.4) is 0 Å². The average molecular weight is 376 g/mol. The number of hydrogen-bond donors (Lipinski definition) is 2. The Bertz CT molecular complexity index is 871. The van der Waals surface area contributed by atoms with Gasteiger partial charge >= 0.3 is 0 Å². The molecule has 0 spiro atoms. The summed E-state index contributed by atoms with van der Waals surface area (Å²) in [4.78, 5) is 8.56. The van der Waals surface area contributed by atoms with E-state index < -0.39 is 0 Å². The van der Waals surface area contributed by atoms with Gasteiger partial charge in [0.2, 0.25) is 0 Å². The Morgan fingerprint density at radius 2 is 1.78 bits per heavy atom. The van der Waals surface area contributed by atoms with Gasteiger partial charge in [-0.15, -0.1) is 0 Å². The van der Waals surface area contributed by atoms with Crippen LogP contribution in [0.1, 0.15) is 0 Å². The highest BCUT2D eigenvalue weighted by Crippen LogP contribution is 2.35. The number of hydrogen-bond acceptors (Lipinski definition) is 6. The van der Waals surface area contributed by atoms with E-state index in [1.807, 2.05) is 6.07 Å². The molecule has 0 atom stereocenters. The minimum Gasteiger partial charge on any atom is -0.508 e. The van der Waals surface area contributed by atoms with E-state index in [1.54, 1.807) is 38.5 Å². The zero-order chi connectivity index (χ0) is 16.4. The van der Waals surface area contributed by atoms with Crippen molar-refractivity contribution < 1.29 is 14.6 Å². The van der Waals surface area contributed by atoms with Crippen molar-refractivity contribution in [3.63, 3.8) is 0 Å². The quantitative estimate of drug-likeness (QED) is 0.674. The van der Waals surface area contributed by atoms with Gasteiger partial charge in [0.1, 0.15) is 17.9 Å². The van der Waals surface area contributed by atoms with E-state index in [9.17, 15) is 5.11 Å². The molecular weight excluding hydrogens is 362 g/mol. The zero-order valence-corrected chi connectivity index (χ0v) is 14.1. The monoisotopic (exact) mass is 375 g/mol. The number of methoxy groups -OCH3 is 2. The second-order valence-corrected chi connectivity index (χ2v) is 5.59. The molecule has 3 rings (SSSR count). The van der Waals surface area contributed by atoms with Gasteiger partial charge < -0.3 is 19.9 Å². The van der Waals surface area contributed by atoms with Crippen LogP contribution < -0.4 is 14.8 Å². The molecule has 7 heteroatoms. The van der Waals surface area contributed by atoms with Crippen LogP contribution in [0.25, 0.3) is 10.9 Å². The lowest BCUT2D eigenvalue weighted by molar-refractivity contribution is 0.356. The van der Waals surface area contributed by atoms with E-state index in [0.29, 0.717) is 17.3 Å². The molecule has 0 saturated carbocycles. The molecule has 2 N–H and O–H groups in total. The summed E-state index contributed by atoms with van der Waals surface area (Å²) >= 11 is 3.41. The fourth-order valence-electron chi connectivity index (χ4n) is 2.22. The number of anilines is 2. The summed E-state index contributed by atoms with van der Waals surface area (Å²) < 4.78 is 11.4. The number of aromatic nitrogens is 2. The van der Waals surface area contributed by atoms with Crippen LogP contribution in [0, 0.1) is 0 Å². The zero-order valence-electron chi connectivity index (χ0n) is 12.5. The number of halogens is 1. The maximum atomic E-state index is 9.49. The van der Waals surface area contributed by atoms with Crippen molar-refractivity contribution in [1.82, 2.24) is 9.97 Å². The molecule has 6 nitrogen and oxygen atoms in total. The highest BCUT2D eigenvalue weighted by molar-refractivity contribution is 9.10. The van der Waals surface area contributed by atoms with Gasteiger partial charge in [-0.2, -0.15) is 0 Å². The van der Waals surface area contributed by atoms with Crippen molar-refractivity contribution in [2.24, 2.45) is 0 Å². The van der Waals surface area contributed by atoms with Crippen LogP contribution in [0.15, 0.2) is 41.1 Å². The van der Waals surface area contributed by atoms with Gasteiger partial charge in [-0.3, -0.25) is 0 Å². The van der Waals surface area contributed by atoms with Crippen molar-refractivity contribution in [3.8, 4) is 17.2 Å². The average Bonchev–Trinajstić information content (AvgIpc) is 2.56. The van der Waals surface area contributed by atoms with Gasteiger partial charge in [0.15, 0.2) is 11.5 Å². The summed E-state index contributed by atoms with van der Waals surface area (Å²) in [5.41, 5.74) is 1.51. The molecule has 3 aromatic rings. The van der Waals surface area contributed by atoms with Crippen LogP contribution in [0.5, 0.6) is 17.2 Å². The lowest BCUT2D eigenvalue weighted by Gasteiger charge is -2.13. The molecule has 0 bridgehead atoms. The summed E-state index contributed by atoms with van der Waals surface area (Å²) in [5.74, 6) is 2.02. The number of aromatic hydroxyl groups is 1. The maximum Gasteiger partial charge on any atom is 0.162 e. The predicted molar refractivity (Wildman–Crippen MR) is 91.7 cm³/mol. The van der Waals surface area contributed by atoms with Crippen molar-refractivity contribution in [3.05, 3.63) is 41.1 Å². The largest absolute Gasteiger partial charge is 0.508 e. The van der Waals surface area contributed by atoms with Crippen molar-refractivity contribution in [2.45, 2.75) is 0 Å². The Morgan fingerprint density at radius 1 is 1.04 bits per heavy atom. The number of fused-ring (bicyclic) bond motifs is 1. The molecule has 0 aliphatic carbocycles. The summed E-state index contributed by atoms with van der Waals surface area (Å²) in [6.45, 7) is 0. The van der Waals surface area contributed by atoms with E-state index in [-0.39, 0.29) is 5.75 Å². The molecule has 0 aliphatic heterocycles. The van der Waals surface area contributed by atoms with E-state index >= 15 is 0 Å². The maximum absolute atomic E-state index is 9.49. The lowest BCUT2D eigenvalue weighted by atomic mass is 10.2. The standard InChI is InChI=1S/C16H14BrN3O3/c1-22-14-6-10-13(7-15(14)23-2)18-8-19-16(10)20-12-4-3-9(21)5-11(12)17/h3-8,21H,1-2H3,(H,18,19,20). The summed E-state index contributed by atoms with van der Waals surface area (Å²) in [6, 6.07) is 8.58. The Hall–Kier alpha value is -2.54. The van der Waals surface area contributed by atoms with E-state index in [1.165, 1.54) is 6.33 Å². The van der Waals surface area contributed by atoms with Crippen LogP contribution >= 0.6 is 15.9 Å². The number of phenols is 1. The summed E-state index contributed by atoms with van der Waals surface area (Å²) in [6.07, 6.45) is 1.48. The molecule has 1 aromatic heterocycles. The predicted octanol–water partition coefficient (Wildman–Crippen LogP) is 3.86. The lowest BCUT2D eigenvalue weighted by Crippen LogP contribution is -1.98. The second-order valence-electron chi connectivity index (χ2n) is 4.74. The molecule has 118 valence electrons. The minimum absolute atomic E-state index is 0.182. The molecule has 0 fully saturated rings. The molecule has 0 radical (unpaired) electrons. The van der Waals surface area contributed by atoms with E-state index in [4.69, 9.17) is 9.47 Å². The smallest absolute Gasteiger partial charge is 0.162 e. The van der Waals surface area contributed by atoms with Gasteiger partial charge in [-0.25, -0.2) is 9.97 Å². The number of nitrogens with one attached hydrogen (secondary N) is 1. The van der Waals surface area contributed by atoms with E-state index in [0.717, 1.165) is 21.1 Å². The molecule has 0 unspecified atom stereocenters. The topological polar surface area (TPSA) is 76.5 Å². The number of benzene rings is 2. The van der Waals surface area contributed by atoms with Crippen molar-refractivity contribution in [1.29, 1.82) is 0 Å². The van der Waals surface area contributed by atoms with Crippen LogP contribution in [0.4, 0.5) is 11.5 Å². The molecule has 0 amide bonds. The van der Waals surface area contributed by atoms with E-state index in [2.05, 4.69) is 31.2 Å². The Balaban J connectivity index is 2.10. The first-order chi connectivity index (χ1) is 11.1. The first-order valence-corrected chi connectivity index (χ1v) is 7.54. The normalized spacial score (nSPS) is 10.6. The van der Waals surface area contributed by atoms with Crippen LogP contribution in [-0.2, 0) is 0 Å². The summed E-state index contributed by atoms with van der Waals surface area (Å²) in [7, 11) is 3.16. The van der Waals surface area contributed by atoms with Gasteiger partial charge in [0.25, 0.3) is 0 Å². The number of phenolic OH excluding ortho intramolecular Hbond substituents is 1. The fourth-order valence-corrected chi connectivity index (χ4v) is 2.68.